The number of pyridine rings is 1. The zero-order valence-electron chi connectivity index (χ0n) is 18.5. The van der Waals surface area contributed by atoms with Crippen molar-refractivity contribution in [1.29, 1.82) is 0 Å². The summed E-state index contributed by atoms with van der Waals surface area (Å²) in [5.74, 6) is 1.26. The molecule has 4 heterocycles. The molecule has 2 fully saturated rings. The molecular formula is C24H29N7O2. The number of piperidine rings is 1. The molecule has 9 nitrogen and oxygen atoms in total. The first kappa shape index (κ1) is 21.3. The third-order valence-corrected chi connectivity index (χ3v) is 6.26. The highest BCUT2D eigenvalue weighted by molar-refractivity contribution is 5.74. The number of hydrogen-bond donors (Lipinski definition) is 3. The minimum Gasteiger partial charge on any atom is -0.507 e. The van der Waals surface area contributed by atoms with Crippen LogP contribution in [-0.4, -0.2) is 65.7 Å². The summed E-state index contributed by atoms with van der Waals surface area (Å²) >= 11 is 0. The van der Waals surface area contributed by atoms with Gasteiger partial charge in [0.1, 0.15) is 11.9 Å². The van der Waals surface area contributed by atoms with Crippen molar-refractivity contribution in [2.75, 3.05) is 54.8 Å². The molecular weight excluding hydrogens is 418 g/mol. The first-order valence-corrected chi connectivity index (χ1v) is 11.4. The Morgan fingerprint density at radius 1 is 0.970 bits per heavy atom. The summed E-state index contributed by atoms with van der Waals surface area (Å²) in [5.41, 5.74) is 9.37. The van der Waals surface area contributed by atoms with Gasteiger partial charge < -0.3 is 30.7 Å². The Kier molecular flexibility index (Phi) is 6.12. The lowest BCUT2D eigenvalue weighted by molar-refractivity contribution is 0.156. The van der Waals surface area contributed by atoms with Crippen LogP contribution in [0.5, 0.6) is 11.6 Å². The molecule has 3 aromatic rings. The van der Waals surface area contributed by atoms with E-state index in [9.17, 15) is 5.11 Å². The minimum atomic E-state index is 0.174. The highest BCUT2D eigenvalue weighted by Crippen LogP contribution is 2.32. The summed E-state index contributed by atoms with van der Waals surface area (Å²) in [6, 6.07) is 13.1. The molecule has 0 saturated carbocycles. The van der Waals surface area contributed by atoms with Gasteiger partial charge in [0.25, 0.3) is 0 Å². The van der Waals surface area contributed by atoms with Gasteiger partial charge in [-0.2, -0.15) is 0 Å². The molecule has 5 rings (SSSR count). The number of nitrogens with zero attached hydrogens (tertiary/aromatic N) is 5. The normalized spacial score (nSPS) is 17.2. The largest absolute Gasteiger partial charge is 0.507 e. The molecule has 1 aromatic carbocycles. The zero-order chi connectivity index (χ0) is 22.6. The van der Waals surface area contributed by atoms with E-state index in [1.165, 1.54) is 0 Å². The number of rotatable bonds is 5. The topological polar surface area (TPSA) is 113 Å². The van der Waals surface area contributed by atoms with Crippen LogP contribution in [0.25, 0.3) is 11.3 Å². The van der Waals surface area contributed by atoms with E-state index < -0.39 is 0 Å². The number of phenolic OH excluding ortho intramolecular Hbond substituents is 1. The average Bonchev–Trinajstić information content (AvgIpc) is 2.86. The van der Waals surface area contributed by atoms with E-state index in [2.05, 4.69) is 30.3 Å². The Labute approximate surface area is 193 Å². The maximum Gasteiger partial charge on any atom is 0.215 e. The summed E-state index contributed by atoms with van der Waals surface area (Å²) in [7, 11) is 0. The van der Waals surface area contributed by atoms with Gasteiger partial charge in [0.15, 0.2) is 5.82 Å². The first-order chi connectivity index (χ1) is 16.2. The van der Waals surface area contributed by atoms with Crippen molar-refractivity contribution < 1.29 is 9.84 Å². The van der Waals surface area contributed by atoms with Crippen molar-refractivity contribution in [3.05, 3.63) is 48.7 Å². The highest BCUT2D eigenvalue weighted by atomic mass is 16.5. The number of nitrogens with two attached hydrogens (primary N) is 1. The second-order valence-corrected chi connectivity index (χ2v) is 8.41. The van der Waals surface area contributed by atoms with Crippen LogP contribution >= 0.6 is 0 Å². The van der Waals surface area contributed by atoms with E-state index >= 15 is 0 Å². The number of para-hydroxylation sites is 1. The van der Waals surface area contributed by atoms with Crippen molar-refractivity contribution in [3.63, 3.8) is 0 Å². The van der Waals surface area contributed by atoms with E-state index in [0.29, 0.717) is 23.0 Å². The zero-order valence-corrected chi connectivity index (χ0v) is 18.5. The first-order valence-electron chi connectivity index (χ1n) is 11.4. The molecule has 0 unspecified atom stereocenters. The number of aromatic nitrogens is 3. The molecule has 2 aliphatic heterocycles. The number of anilines is 3. The molecule has 0 radical (unpaired) electrons. The molecule has 0 bridgehead atoms. The van der Waals surface area contributed by atoms with E-state index in [4.69, 9.17) is 10.5 Å². The van der Waals surface area contributed by atoms with Crippen LogP contribution in [0.3, 0.4) is 0 Å². The third-order valence-electron chi connectivity index (χ3n) is 6.26. The van der Waals surface area contributed by atoms with E-state index in [1.54, 1.807) is 12.1 Å². The van der Waals surface area contributed by atoms with E-state index in [-0.39, 0.29) is 11.9 Å². The number of benzene rings is 1. The Morgan fingerprint density at radius 3 is 2.52 bits per heavy atom. The second kappa shape index (κ2) is 9.50. The lowest BCUT2D eigenvalue weighted by atomic mass is 10.1. The van der Waals surface area contributed by atoms with Crippen LogP contribution in [0.2, 0.25) is 0 Å². The van der Waals surface area contributed by atoms with Gasteiger partial charge >= 0.3 is 0 Å². The number of nitrogen functional groups attached to an aromatic ring is 1. The third kappa shape index (κ3) is 4.78. The molecule has 2 aromatic heterocycles. The van der Waals surface area contributed by atoms with Gasteiger partial charge in [0.2, 0.25) is 5.88 Å². The molecule has 0 amide bonds. The van der Waals surface area contributed by atoms with Crippen molar-refractivity contribution in [2.45, 2.75) is 18.9 Å². The Balaban J connectivity index is 1.26. The number of ether oxygens (including phenoxy) is 1. The van der Waals surface area contributed by atoms with Crippen LogP contribution in [0.15, 0.2) is 48.7 Å². The van der Waals surface area contributed by atoms with Gasteiger partial charge in [-0.05, 0) is 50.2 Å². The van der Waals surface area contributed by atoms with Crippen molar-refractivity contribution in [2.24, 2.45) is 0 Å². The van der Waals surface area contributed by atoms with Gasteiger partial charge in [-0.25, -0.2) is 4.98 Å². The highest BCUT2D eigenvalue weighted by Gasteiger charge is 2.22. The summed E-state index contributed by atoms with van der Waals surface area (Å²) < 4.78 is 6.12. The van der Waals surface area contributed by atoms with Crippen LogP contribution in [0, 0.1) is 0 Å². The van der Waals surface area contributed by atoms with Crippen LogP contribution < -0.4 is 25.6 Å². The molecule has 0 spiro atoms. The Morgan fingerprint density at radius 2 is 1.73 bits per heavy atom. The molecule has 4 N–H and O–H groups in total. The SMILES string of the molecule is Nc1nnc(-c2ccccc2O)cc1N1CCN(c2ccnc(OC3CCNCC3)c2)CC1. The quantitative estimate of drug-likeness (QED) is 0.542. The van der Waals surface area contributed by atoms with Crippen LogP contribution in [0.4, 0.5) is 17.2 Å². The standard InChI is InChI=1S/C24H29N7O2/c25-24-21(16-20(28-29-24)19-3-1-2-4-22(19)32)31-13-11-30(12-14-31)17-5-10-27-23(15-17)33-18-6-8-26-9-7-18/h1-5,10,15-16,18,26,32H,6-9,11-14H2,(H2,25,29). The van der Waals surface area contributed by atoms with Gasteiger partial charge in [0.05, 0.1) is 11.4 Å². The van der Waals surface area contributed by atoms with Gasteiger partial charge in [-0.3, -0.25) is 0 Å². The van der Waals surface area contributed by atoms with Crippen molar-refractivity contribution in [3.8, 4) is 22.9 Å². The smallest absolute Gasteiger partial charge is 0.215 e. The molecule has 2 aliphatic rings. The molecule has 0 aliphatic carbocycles. The lowest BCUT2D eigenvalue weighted by Gasteiger charge is -2.37. The number of hydrogen-bond acceptors (Lipinski definition) is 9. The van der Waals surface area contributed by atoms with Crippen LogP contribution in [-0.2, 0) is 0 Å². The Hall–Kier alpha value is -3.59. The number of aromatic hydroxyl groups is 1. The summed E-state index contributed by atoms with van der Waals surface area (Å²) in [6.45, 7) is 5.25. The summed E-state index contributed by atoms with van der Waals surface area (Å²) in [6.07, 6.45) is 4.07. The number of nitrogens with one attached hydrogen (secondary N) is 1. The molecule has 9 heteroatoms. The monoisotopic (exact) mass is 447 g/mol. The van der Waals surface area contributed by atoms with Crippen LogP contribution in [0.1, 0.15) is 12.8 Å². The number of piperazine rings is 1. The molecule has 0 atom stereocenters. The Bertz CT molecular complexity index is 1100. The summed E-state index contributed by atoms with van der Waals surface area (Å²) in [4.78, 5) is 8.97. The van der Waals surface area contributed by atoms with Gasteiger partial charge in [-0.1, -0.05) is 12.1 Å². The predicted molar refractivity (Wildman–Crippen MR) is 129 cm³/mol. The molecule has 2 saturated heterocycles. The van der Waals surface area contributed by atoms with E-state index in [1.807, 2.05) is 36.5 Å². The van der Waals surface area contributed by atoms with Crippen molar-refractivity contribution in [1.82, 2.24) is 20.5 Å². The lowest BCUT2D eigenvalue weighted by Crippen LogP contribution is -2.46. The predicted octanol–water partition coefficient (Wildman–Crippen LogP) is 2.28. The second-order valence-electron chi connectivity index (χ2n) is 8.41. The maximum atomic E-state index is 10.2. The minimum absolute atomic E-state index is 0.174. The number of phenols is 1. The van der Waals surface area contributed by atoms with Crippen molar-refractivity contribution >= 4 is 17.2 Å². The summed E-state index contributed by atoms with van der Waals surface area (Å²) in [5, 5.41) is 21.9. The van der Waals surface area contributed by atoms with Gasteiger partial charge in [0, 0.05) is 49.7 Å². The molecule has 172 valence electrons. The molecule has 33 heavy (non-hydrogen) atoms. The van der Waals surface area contributed by atoms with Gasteiger partial charge in [-0.15, -0.1) is 10.2 Å². The maximum absolute atomic E-state index is 10.2. The van der Waals surface area contributed by atoms with E-state index in [0.717, 1.165) is 63.5 Å². The fourth-order valence-electron chi connectivity index (χ4n) is 4.42. The fourth-order valence-corrected chi connectivity index (χ4v) is 4.42. The fraction of sp³-hybridized carbons (Fsp3) is 0.375. The average molecular weight is 448 g/mol.